The van der Waals surface area contributed by atoms with Gasteiger partial charge in [0.1, 0.15) is 35.0 Å². The Balaban J connectivity index is 0.00000111. The molecule has 2 aromatic carbocycles. The number of nitrogens with zero attached hydrogens (tertiary/aromatic N) is 2. The summed E-state index contributed by atoms with van der Waals surface area (Å²) in [4.78, 5) is 58.7. The fraction of sp³-hybridized carbons (Fsp3) is 0.654. The molecule has 0 aromatic heterocycles. The first-order valence-electron chi connectivity index (χ1n) is 25.0. The third-order valence-corrected chi connectivity index (χ3v) is 12.5. The summed E-state index contributed by atoms with van der Waals surface area (Å²) >= 11 is 0. The van der Waals surface area contributed by atoms with E-state index in [9.17, 15) is 24.3 Å². The first kappa shape index (κ1) is 63.4. The lowest BCUT2D eigenvalue weighted by molar-refractivity contribution is -0.196. The molecule has 2 aromatic rings. The van der Waals surface area contributed by atoms with Gasteiger partial charge < -0.3 is 72.0 Å². The molecule has 11 N–H and O–H groups in total. The quantitative estimate of drug-likeness (QED) is 0.0215. The molecule has 19 nitrogen and oxygen atoms in total. The van der Waals surface area contributed by atoms with Crippen molar-refractivity contribution in [3.63, 3.8) is 0 Å². The molecule has 7 atom stereocenters. The van der Waals surface area contributed by atoms with Gasteiger partial charge in [-0.15, -0.1) is 12.4 Å². The van der Waals surface area contributed by atoms with Crippen LogP contribution < -0.4 is 47.9 Å². The lowest BCUT2D eigenvalue weighted by Gasteiger charge is -2.41. The minimum Gasteiger partial charge on any atom is -0.495 e. The Bertz CT molecular complexity index is 2030. The number of hydrogen-bond acceptors (Lipinski definition) is 17. The number of halogens is 1. The SMILES string of the molecule is C=CCOc1ccc(C2(C(=O)OC(C)C)C(C(C)N)C2(C(=O)OC(C)C)C(C)(N)C(O)OC(C)C)cc1NC(=O)NCCCN1CCN(c2ccccc2OC)CC1.CC(C)OC(=O)C(N)CCCCN.Cl. The van der Waals surface area contributed by atoms with E-state index in [2.05, 4.69) is 33.1 Å². The predicted octanol–water partition coefficient (Wildman–Crippen LogP) is 4.98. The predicted molar refractivity (Wildman–Crippen MR) is 283 cm³/mol. The van der Waals surface area contributed by atoms with Crippen LogP contribution in [-0.4, -0.2) is 142 Å². The molecule has 4 rings (SSSR count). The largest absolute Gasteiger partial charge is 0.495 e. The number of urea groups is 1. The van der Waals surface area contributed by atoms with Gasteiger partial charge in [0.2, 0.25) is 0 Å². The summed E-state index contributed by atoms with van der Waals surface area (Å²) in [7, 11) is 1.68. The number of aliphatic hydroxyl groups excluding tert-OH is 1. The zero-order valence-electron chi connectivity index (χ0n) is 44.6. The van der Waals surface area contributed by atoms with E-state index in [1.165, 1.54) is 6.92 Å². The van der Waals surface area contributed by atoms with Crippen molar-refractivity contribution in [3.05, 3.63) is 60.7 Å². The molecular formula is C52H87ClN8O11. The van der Waals surface area contributed by atoms with Gasteiger partial charge in [0.05, 0.1) is 48.4 Å². The Hall–Kier alpha value is -4.73. The maximum absolute atomic E-state index is 14.7. The molecule has 2 amide bonds. The van der Waals surface area contributed by atoms with E-state index in [1.807, 2.05) is 32.0 Å². The fourth-order valence-electron chi connectivity index (χ4n) is 9.45. The highest BCUT2D eigenvalue weighted by molar-refractivity contribution is 6.03. The third-order valence-electron chi connectivity index (χ3n) is 12.5. The number of benzene rings is 2. The van der Waals surface area contributed by atoms with Gasteiger partial charge in [-0.2, -0.15) is 0 Å². The van der Waals surface area contributed by atoms with Gasteiger partial charge in [-0.1, -0.05) is 37.3 Å². The van der Waals surface area contributed by atoms with E-state index in [0.717, 1.165) is 57.0 Å². The molecule has 7 unspecified atom stereocenters. The summed E-state index contributed by atoms with van der Waals surface area (Å²) < 4.78 is 34.0. The number of rotatable bonds is 26. The number of aliphatic hydroxyl groups is 1. The Morgan fingerprint density at radius 3 is 2.03 bits per heavy atom. The molecule has 1 heterocycles. The van der Waals surface area contributed by atoms with Crippen LogP contribution in [0.4, 0.5) is 16.2 Å². The van der Waals surface area contributed by atoms with Gasteiger partial charge in [-0.05, 0) is 131 Å². The van der Waals surface area contributed by atoms with Crippen LogP contribution in [-0.2, 0) is 38.7 Å². The second kappa shape index (κ2) is 29.2. The Labute approximate surface area is 434 Å². The van der Waals surface area contributed by atoms with E-state index < -0.39 is 76.9 Å². The number of amides is 2. The number of esters is 3. The van der Waals surface area contributed by atoms with Crippen molar-refractivity contribution in [1.82, 2.24) is 10.2 Å². The monoisotopic (exact) mass is 1030 g/mol. The van der Waals surface area contributed by atoms with E-state index in [4.69, 9.17) is 51.4 Å². The second-order valence-corrected chi connectivity index (χ2v) is 19.6. The zero-order chi connectivity index (χ0) is 53.3. The summed E-state index contributed by atoms with van der Waals surface area (Å²) in [6, 6.07) is 10.9. The molecule has 1 aliphatic heterocycles. The van der Waals surface area contributed by atoms with Crippen molar-refractivity contribution in [2.75, 3.05) is 69.7 Å². The van der Waals surface area contributed by atoms with E-state index in [1.54, 1.807) is 79.9 Å². The number of ether oxygens (including phenoxy) is 6. The molecule has 2 aliphatic rings. The minimum atomic E-state index is -2.00. The number of hydrogen-bond donors (Lipinski definition) is 7. The van der Waals surface area contributed by atoms with Crippen LogP contribution in [0.1, 0.15) is 100 Å². The second-order valence-electron chi connectivity index (χ2n) is 19.6. The van der Waals surface area contributed by atoms with Gasteiger partial charge in [0.15, 0.2) is 6.29 Å². The molecule has 0 spiro atoms. The smallest absolute Gasteiger partial charge is 0.323 e. The summed E-state index contributed by atoms with van der Waals surface area (Å²) in [5, 5.41) is 17.4. The van der Waals surface area contributed by atoms with Crippen LogP contribution in [0.25, 0.3) is 0 Å². The van der Waals surface area contributed by atoms with Gasteiger partial charge >= 0.3 is 23.9 Å². The molecule has 1 aliphatic carbocycles. The normalized spacial score (nSPS) is 20.7. The lowest BCUT2D eigenvalue weighted by Crippen LogP contribution is -2.63. The number of anilines is 2. The lowest BCUT2D eigenvalue weighted by atomic mass is 9.73. The standard InChI is InChI=1S/C43H66N6O9.C9H20N2O2.ClH/c1-11-25-55-34-18-17-31(26-32(34)47-40(53)46-19-14-20-48-21-23-49(24-22-48)33-15-12-13-16-35(33)54-10)42(38(51)57-28(4)5)36(30(8)44)43(42,39(52)58-29(6)7)41(9,45)37(50)56-27(2)3;1-7(2)13-9(12)8(11)5-3-4-6-10;/h11-13,15-18,26-30,36-37,50H,1,14,19-25,44-45H2,2-10H3,(H2,46,47,53);7-8H,3-6,10-11H2,1-2H3;1H. The molecule has 72 heavy (non-hydrogen) atoms. The Morgan fingerprint density at radius 1 is 0.861 bits per heavy atom. The van der Waals surface area contributed by atoms with Crippen LogP contribution >= 0.6 is 12.4 Å². The van der Waals surface area contributed by atoms with Crippen molar-refractivity contribution in [1.29, 1.82) is 0 Å². The van der Waals surface area contributed by atoms with Crippen LogP contribution in [0, 0.1) is 11.3 Å². The van der Waals surface area contributed by atoms with Crippen molar-refractivity contribution < 1.29 is 52.7 Å². The van der Waals surface area contributed by atoms with Crippen LogP contribution in [0.5, 0.6) is 11.5 Å². The average Bonchev–Trinajstić information content (AvgIpc) is 3.98. The summed E-state index contributed by atoms with van der Waals surface area (Å²) in [5.74, 6) is -1.86. The third kappa shape index (κ3) is 15.6. The summed E-state index contributed by atoms with van der Waals surface area (Å²) in [6.07, 6.45) is 1.17. The van der Waals surface area contributed by atoms with Crippen molar-refractivity contribution in [2.24, 2.45) is 34.3 Å². The Kier molecular flexibility index (Phi) is 25.7. The van der Waals surface area contributed by atoms with Gasteiger partial charge in [-0.25, -0.2) is 4.79 Å². The molecule has 408 valence electrons. The number of carbonyl (C=O) groups is 4. The molecule has 1 saturated heterocycles. The van der Waals surface area contributed by atoms with E-state index >= 15 is 0 Å². The molecule has 2 fully saturated rings. The number of methoxy groups -OCH3 is 1. The Morgan fingerprint density at radius 2 is 1.47 bits per heavy atom. The van der Waals surface area contributed by atoms with Gasteiger partial charge in [0, 0.05) is 44.7 Å². The number of nitrogens with two attached hydrogens (primary N) is 4. The van der Waals surface area contributed by atoms with Crippen molar-refractivity contribution >= 4 is 47.7 Å². The summed E-state index contributed by atoms with van der Waals surface area (Å²) in [6.45, 7) is 26.0. The number of nitrogens with one attached hydrogen (secondary N) is 2. The van der Waals surface area contributed by atoms with E-state index in [-0.39, 0.29) is 48.1 Å². The van der Waals surface area contributed by atoms with Crippen LogP contribution in [0.2, 0.25) is 0 Å². The fourth-order valence-corrected chi connectivity index (χ4v) is 9.45. The van der Waals surface area contributed by atoms with Crippen molar-refractivity contribution in [3.8, 4) is 11.5 Å². The van der Waals surface area contributed by atoms with Crippen LogP contribution in [0.15, 0.2) is 55.1 Å². The number of para-hydroxylation sites is 2. The van der Waals surface area contributed by atoms with Crippen LogP contribution in [0.3, 0.4) is 0 Å². The first-order valence-corrected chi connectivity index (χ1v) is 25.0. The minimum absolute atomic E-state index is 0. The number of piperazine rings is 1. The summed E-state index contributed by atoms with van der Waals surface area (Å²) in [5.41, 5.74) is 20.3. The highest BCUT2D eigenvalue weighted by Gasteiger charge is 2.92. The van der Waals surface area contributed by atoms with E-state index in [0.29, 0.717) is 25.9 Å². The molecule has 0 radical (unpaired) electrons. The number of carbonyl (C=O) groups excluding carboxylic acids is 4. The van der Waals surface area contributed by atoms with Gasteiger partial charge in [-0.3, -0.25) is 19.3 Å². The average molecular weight is 1040 g/mol. The maximum Gasteiger partial charge on any atom is 0.323 e. The highest BCUT2D eigenvalue weighted by atomic mass is 35.5. The van der Waals surface area contributed by atoms with Gasteiger partial charge in [0.25, 0.3) is 0 Å². The zero-order valence-corrected chi connectivity index (χ0v) is 45.4. The van der Waals surface area contributed by atoms with Crippen molar-refractivity contribution in [2.45, 2.75) is 149 Å². The topological polar surface area (TPSA) is 279 Å². The molecule has 0 bridgehead atoms. The highest BCUT2D eigenvalue weighted by Crippen LogP contribution is 2.76. The molecule has 1 saturated carbocycles. The maximum atomic E-state index is 14.7. The molecular weight excluding hydrogens is 948 g/mol. The number of unbranched alkanes of at least 4 members (excludes halogenated alkanes) is 1. The first-order chi connectivity index (χ1) is 33.5. The molecule has 20 heteroatoms.